The smallest absolute Gasteiger partial charge is 0.137 e. The minimum absolute atomic E-state index is 0.274. The van der Waals surface area contributed by atoms with Gasteiger partial charge in [0.2, 0.25) is 0 Å². The van der Waals surface area contributed by atoms with E-state index in [2.05, 4.69) is 23.0 Å². The molecule has 0 aliphatic heterocycles. The highest BCUT2D eigenvalue weighted by Gasteiger charge is 2.14. The summed E-state index contributed by atoms with van der Waals surface area (Å²) in [5.41, 5.74) is 9.22. The Hall–Kier alpha value is -1.94. The van der Waals surface area contributed by atoms with Crippen molar-refractivity contribution >= 4 is 0 Å². The summed E-state index contributed by atoms with van der Waals surface area (Å²) in [6.07, 6.45) is 6.09. The van der Waals surface area contributed by atoms with Gasteiger partial charge in [0.15, 0.2) is 0 Å². The lowest BCUT2D eigenvalue weighted by molar-refractivity contribution is 0.412. The zero-order chi connectivity index (χ0) is 13.0. The highest BCUT2D eigenvalue weighted by Crippen LogP contribution is 2.23. The topological polar surface area (TPSA) is 61.0 Å². The van der Waals surface area contributed by atoms with E-state index < -0.39 is 0 Å². The van der Waals surface area contributed by atoms with Gasteiger partial charge >= 0.3 is 0 Å². The molecule has 0 bridgehead atoms. The van der Waals surface area contributed by atoms with Crippen molar-refractivity contribution in [2.45, 2.75) is 19.4 Å². The summed E-state index contributed by atoms with van der Waals surface area (Å²) in [7, 11) is 1.62. The van der Waals surface area contributed by atoms with Crippen LogP contribution in [0.1, 0.15) is 29.8 Å². The van der Waals surface area contributed by atoms with E-state index in [9.17, 15) is 0 Å². The van der Waals surface area contributed by atoms with E-state index in [-0.39, 0.29) is 6.04 Å². The van der Waals surface area contributed by atoms with Gasteiger partial charge in [0.05, 0.1) is 25.0 Å². The third kappa shape index (κ3) is 2.49. The SMILES string of the molecule is CCc1cccnc1C(N)c1cncc(OC)c1. The summed E-state index contributed by atoms with van der Waals surface area (Å²) in [4.78, 5) is 8.51. The van der Waals surface area contributed by atoms with Crippen LogP contribution < -0.4 is 10.5 Å². The van der Waals surface area contributed by atoms with E-state index in [4.69, 9.17) is 10.5 Å². The van der Waals surface area contributed by atoms with Crippen molar-refractivity contribution in [1.29, 1.82) is 0 Å². The number of pyridine rings is 2. The first-order valence-corrected chi connectivity index (χ1v) is 5.94. The Morgan fingerprint density at radius 2 is 2.22 bits per heavy atom. The van der Waals surface area contributed by atoms with Crippen LogP contribution >= 0.6 is 0 Å². The molecule has 2 N–H and O–H groups in total. The van der Waals surface area contributed by atoms with Gasteiger partial charge in [-0.05, 0) is 29.7 Å². The maximum absolute atomic E-state index is 6.26. The number of aromatic nitrogens is 2. The minimum atomic E-state index is -0.274. The monoisotopic (exact) mass is 243 g/mol. The van der Waals surface area contributed by atoms with Crippen molar-refractivity contribution in [3.63, 3.8) is 0 Å². The van der Waals surface area contributed by atoms with Crippen LogP contribution in [0.15, 0.2) is 36.8 Å². The molecule has 0 saturated carbocycles. The molecule has 0 radical (unpaired) electrons. The third-order valence-corrected chi connectivity index (χ3v) is 2.93. The zero-order valence-electron chi connectivity index (χ0n) is 10.6. The fraction of sp³-hybridized carbons (Fsp3) is 0.286. The van der Waals surface area contributed by atoms with E-state index >= 15 is 0 Å². The van der Waals surface area contributed by atoms with Crippen LogP contribution in [0, 0.1) is 0 Å². The summed E-state index contributed by atoms with van der Waals surface area (Å²) in [5.74, 6) is 0.705. The molecule has 2 heterocycles. The van der Waals surface area contributed by atoms with Crippen LogP contribution in [0.4, 0.5) is 0 Å². The van der Waals surface area contributed by atoms with Crippen molar-refractivity contribution in [1.82, 2.24) is 9.97 Å². The Balaban J connectivity index is 2.37. The van der Waals surface area contributed by atoms with Gasteiger partial charge in [-0.1, -0.05) is 13.0 Å². The molecule has 1 unspecified atom stereocenters. The highest BCUT2D eigenvalue weighted by molar-refractivity contribution is 5.34. The van der Waals surface area contributed by atoms with E-state index in [1.165, 1.54) is 0 Å². The molecule has 0 fully saturated rings. The number of methoxy groups -OCH3 is 1. The van der Waals surface area contributed by atoms with Crippen molar-refractivity contribution in [2.24, 2.45) is 5.73 Å². The van der Waals surface area contributed by atoms with E-state index in [1.807, 2.05) is 12.1 Å². The van der Waals surface area contributed by atoms with Gasteiger partial charge in [-0.25, -0.2) is 0 Å². The maximum Gasteiger partial charge on any atom is 0.137 e. The average molecular weight is 243 g/mol. The van der Waals surface area contributed by atoms with Gasteiger partial charge in [0, 0.05) is 12.4 Å². The molecule has 0 aliphatic rings. The number of aryl methyl sites for hydroxylation is 1. The van der Waals surface area contributed by atoms with Gasteiger partial charge in [0.25, 0.3) is 0 Å². The van der Waals surface area contributed by atoms with Crippen LogP contribution in [0.5, 0.6) is 5.75 Å². The summed E-state index contributed by atoms with van der Waals surface area (Å²) in [6, 6.07) is 5.60. The van der Waals surface area contributed by atoms with Crippen molar-refractivity contribution in [3.05, 3.63) is 53.6 Å². The normalized spacial score (nSPS) is 12.2. The third-order valence-electron chi connectivity index (χ3n) is 2.93. The second-order valence-electron chi connectivity index (χ2n) is 4.04. The lowest BCUT2D eigenvalue weighted by atomic mass is 10.0. The quantitative estimate of drug-likeness (QED) is 0.893. The number of rotatable bonds is 4. The average Bonchev–Trinajstić information content (AvgIpc) is 2.46. The van der Waals surface area contributed by atoms with Gasteiger partial charge in [-0.15, -0.1) is 0 Å². The molecule has 4 nitrogen and oxygen atoms in total. The molecule has 0 aliphatic carbocycles. The lowest BCUT2D eigenvalue weighted by Crippen LogP contribution is -2.16. The number of nitrogens with zero attached hydrogens (tertiary/aromatic N) is 2. The second-order valence-corrected chi connectivity index (χ2v) is 4.04. The standard InChI is InChI=1S/C14H17N3O/c1-3-10-5-4-6-17-14(10)13(15)11-7-12(18-2)9-16-8-11/h4-9,13H,3,15H2,1-2H3. The van der Waals surface area contributed by atoms with Crippen LogP contribution in [-0.4, -0.2) is 17.1 Å². The first kappa shape index (κ1) is 12.5. The Labute approximate surface area is 107 Å². The highest BCUT2D eigenvalue weighted by atomic mass is 16.5. The fourth-order valence-electron chi connectivity index (χ4n) is 1.90. The van der Waals surface area contributed by atoms with Gasteiger partial charge < -0.3 is 10.5 Å². The molecule has 2 rings (SSSR count). The number of hydrogen-bond acceptors (Lipinski definition) is 4. The van der Waals surface area contributed by atoms with Crippen LogP contribution in [0.3, 0.4) is 0 Å². The Morgan fingerprint density at radius 3 is 2.94 bits per heavy atom. The molecule has 2 aromatic heterocycles. The van der Waals surface area contributed by atoms with Crippen molar-refractivity contribution < 1.29 is 4.74 Å². The minimum Gasteiger partial charge on any atom is -0.495 e. The molecule has 0 saturated heterocycles. The summed E-state index contributed by atoms with van der Waals surface area (Å²) in [6.45, 7) is 2.09. The first-order chi connectivity index (χ1) is 8.76. The predicted octanol–water partition coefficient (Wildman–Crippen LogP) is 2.10. The molecule has 1 atom stereocenters. The van der Waals surface area contributed by atoms with Gasteiger partial charge in [-0.3, -0.25) is 9.97 Å². The van der Waals surface area contributed by atoms with E-state index in [0.717, 1.165) is 23.2 Å². The summed E-state index contributed by atoms with van der Waals surface area (Å²) >= 11 is 0. The fourth-order valence-corrected chi connectivity index (χ4v) is 1.90. The van der Waals surface area contributed by atoms with Gasteiger partial charge in [0.1, 0.15) is 5.75 Å². The molecule has 0 spiro atoms. The predicted molar refractivity (Wildman–Crippen MR) is 70.4 cm³/mol. The van der Waals surface area contributed by atoms with Crippen molar-refractivity contribution in [2.75, 3.05) is 7.11 Å². The van der Waals surface area contributed by atoms with Crippen molar-refractivity contribution in [3.8, 4) is 5.75 Å². The number of nitrogens with two attached hydrogens (primary N) is 1. The lowest BCUT2D eigenvalue weighted by Gasteiger charge is -2.15. The van der Waals surface area contributed by atoms with Crippen LogP contribution in [0.2, 0.25) is 0 Å². The molecule has 18 heavy (non-hydrogen) atoms. The maximum atomic E-state index is 6.26. The molecule has 2 aromatic rings. The molecular formula is C14H17N3O. The van der Waals surface area contributed by atoms with Crippen LogP contribution in [0.25, 0.3) is 0 Å². The zero-order valence-corrected chi connectivity index (χ0v) is 10.6. The van der Waals surface area contributed by atoms with E-state index in [1.54, 1.807) is 25.7 Å². The largest absolute Gasteiger partial charge is 0.495 e. The number of ether oxygens (including phenoxy) is 1. The first-order valence-electron chi connectivity index (χ1n) is 5.94. The molecule has 0 amide bonds. The summed E-state index contributed by atoms with van der Waals surface area (Å²) in [5, 5.41) is 0. The Morgan fingerprint density at radius 1 is 1.39 bits per heavy atom. The van der Waals surface area contributed by atoms with Gasteiger partial charge in [-0.2, -0.15) is 0 Å². The number of hydrogen-bond donors (Lipinski definition) is 1. The summed E-state index contributed by atoms with van der Waals surface area (Å²) < 4.78 is 5.16. The Bertz CT molecular complexity index is 528. The molecular weight excluding hydrogens is 226 g/mol. The molecule has 0 aromatic carbocycles. The molecule has 94 valence electrons. The second kappa shape index (κ2) is 5.60. The molecule has 4 heteroatoms. The Kier molecular flexibility index (Phi) is 3.89. The van der Waals surface area contributed by atoms with E-state index in [0.29, 0.717) is 5.75 Å². The van der Waals surface area contributed by atoms with Crippen LogP contribution in [-0.2, 0) is 6.42 Å².